The second-order valence-electron chi connectivity index (χ2n) is 4.59. The van der Waals surface area contributed by atoms with Crippen LogP contribution in [0.2, 0.25) is 0 Å². The Kier molecular flexibility index (Phi) is 4.68. The van der Waals surface area contributed by atoms with Gasteiger partial charge in [-0.1, -0.05) is 19.1 Å². The second-order valence-corrected chi connectivity index (χ2v) is 4.86. The van der Waals surface area contributed by atoms with Crippen LogP contribution < -0.4 is 10.9 Å². The average Bonchev–Trinajstić information content (AvgIpc) is 2.48. The highest BCUT2D eigenvalue weighted by Gasteiger charge is 2.14. The molecule has 0 bridgehead atoms. The number of alkyl halides is 1. The minimum Gasteiger partial charge on any atom is -0.387 e. The Morgan fingerprint density at radius 3 is 2.70 bits per heavy atom. The fourth-order valence-electron chi connectivity index (χ4n) is 2.51. The Balaban J connectivity index is 2.91. The Hall–Kier alpha value is -1.52. The number of nitrogens with zero attached hydrogens (tertiary/aromatic N) is 1. The van der Waals surface area contributed by atoms with Gasteiger partial charge >= 0.3 is 0 Å². The van der Waals surface area contributed by atoms with Crippen LogP contribution in [0.25, 0.3) is 10.9 Å². The van der Waals surface area contributed by atoms with Gasteiger partial charge in [0.15, 0.2) is 0 Å². The topological polar surface area (TPSA) is 43.3 Å². The Bertz CT molecular complexity index is 680. The van der Waals surface area contributed by atoms with Crippen LogP contribution in [0.1, 0.15) is 18.1 Å². The van der Waals surface area contributed by atoms with E-state index in [1.54, 1.807) is 11.7 Å². The van der Waals surface area contributed by atoms with Crippen molar-refractivity contribution in [2.45, 2.75) is 26.0 Å². The highest BCUT2D eigenvalue weighted by atomic mass is 35.5. The van der Waals surface area contributed by atoms with Crippen molar-refractivity contribution in [1.82, 2.24) is 4.57 Å². The van der Waals surface area contributed by atoms with E-state index in [1.807, 2.05) is 32.2 Å². The van der Waals surface area contributed by atoms with Crippen molar-refractivity contribution < 1.29 is 4.74 Å². The van der Waals surface area contributed by atoms with Gasteiger partial charge in [-0.25, -0.2) is 0 Å². The lowest BCUT2D eigenvalue weighted by Crippen LogP contribution is -2.26. The third-order valence-corrected chi connectivity index (χ3v) is 3.75. The summed E-state index contributed by atoms with van der Waals surface area (Å²) in [6, 6.07) is 5.93. The van der Waals surface area contributed by atoms with Gasteiger partial charge in [0.05, 0.1) is 11.2 Å². The molecule has 0 saturated heterocycles. The molecule has 0 aliphatic heterocycles. The maximum Gasteiger partial charge on any atom is 0.258 e. The largest absolute Gasteiger partial charge is 0.387 e. The molecule has 0 aliphatic rings. The molecule has 108 valence electrons. The van der Waals surface area contributed by atoms with Gasteiger partial charge < -0.3 is 10.1 Å². The van der Waals surface area contributed by atoms with Crippen molar-refractivity contribution in [3.8, 4) is 0 Å². The summed E-state index contributed by atoms with van der Waals surface area (Å²) >= 11 is 5.89. The normalized spacial score (nSPS) is 11.0. The van der Waals surface area contributed by atoms with Crippen molar-refractivity contribution in [2.75, 3.05) is 19.5 Å². The number of rotatable bonds is 5. The number of aromatic nitrogens is 1. The number of hydrogen-bond donors (Lipinski definition) is 1. The third-order valence-electron chi connectivity index (χ3n) is 3.44. The summed E-state index contributed by atoms with van der Waals surface area (Å²) in [6.45, 7) is 2.21. The molecule has 1 aromatic heterocycles. The van der Waals surface area contributed by atoms with Gasteiger partial charge in [-0.05, 0) is 18.1 Å². The van der Waals surface area contributed by atoms with Crippen molar-refractivity contribution in [2.24, 2.45) is 0 Å². The summed E-state index contributed by atoms with van der Waals surface area (Å²) in [5.41, 5.74) is 3.47. The number of halogens is 1. The van der Waals surface area contributed by atoms with Crippen LogP contribution in [0.4, 0.5) is 5.69 Å². The molecule has 0 atom stereocenters. The number of nitrogens with one attached hydrogen (secondary N) is 1. The molecule has 0 radical (unpaired) electrons. The van der Waals surface area contributed by atoms with Gasteiger partial charge in [-0.15, -0.1) is 11.6 Å². The minimum absolute atomic E-state index is 0.0158. The average molecular weight is 295 g/mol. The number of fused-ring (bicyclic) bond motifs is 1. The number of hydrogen-bond acceptors (Lipinski definition) is 3. The van der Waals surface area contributed by atoms with Gasteiger partial charge in [0.25, 0.3) is 5.56 Å². The van der Waals surface area contributed by atoms with E-state index in [1.165, 1.54) is 0 Å². The van der Waals surface area contributed by atoms with E-state index in [0.717, 1.165) is 27.7 Å². The van der Waals surface area contributed by atoms with Crippen LogP contribution >= 0.6 is 11.6 Å². The molecule has 0 amide bonds. The predicted octanol–water partition coefficient (Wildman–Crippen LogP) is 2.95. The number of pyridine rings is 1. The Morgan fingerprint density at radius 1 is 1.40 bits per heavy atom. The number of benzene rings is 1. The maximum atomic E-state index is 12.6. The molecule has 0 spiro atoms. The monoisotopic (exact) mass is 294 g/mol. The summed E-state index contributed by atoms with van der Waals surface area (Å²) < 4.78 is 6.83. The van der Waals surface area contributed by atoms with Crippen molar-refractivity contribution in [1.29, 1.82) is 0 Å². The summed E-state index contributed by atoms with van der Waals surface area (Å²) in [4.78, 5) is 12.6. The van der Waals surface area contributed by atoms with Crippen LogP contribution in [0, 0.1) is 0 Å². The lowest BCUT2D eigenvalue weighted by atomic mass is 10.0. The van der Waals surface area contributed by atoms with E-state index in [-0.39, 0.29) is 12.3 Å². The first-order chi connectivity index (χ1) is 9.67. The van der Waals surface area contributed by atoms with Crippen LogP contribution in [0.3, 0.4) is 0 Å². The first-order valence-corrected chi connectivity index (χ1v) is 7.12. The summed E-state index contributed by atoms with van der Waals surface area (Å²) in [5.74, 6) is 0.418. The highest BCUT2D eigenvalue weighted by molar-refractivity contribution is 6.17. The van der Waals surface area contributed by atoms with Gasteiger partial charge in [0.1, 0.15) is 6.73 Å². The maximum absolute atomic E-state index is 12.6. The van der Waals surface area contributed by atoms with E-state index < -0.39 is 0 Å². The zero-order valence-electron chi connectivity index (χ0n) is 12.0. The van der Waals surface area contributed by atoms with Crippen LogP contribution in [-0.2, 0) is 23.8 Å². The molecule has 2 rings (SSSR count). The standard InChI is InChI=1S/C15H19ClN2O2/c1-4-11-14(17-2)12-6-5-10(8-16)7-13(12)18(9-20-3)15(11)19/h5-7,17H,4,8-9H2,1-3H3. The highest BCUT2D eigenvalue weighted by Crippen LogP contribution is 2.26. The van der Waals surface area contributed by atoms with Crippen LogP contribution in [0.5, 0.6) is 0 Å². The fraction of sp³-hybridized carbons (Fsp3) is 0.400. The van der Waals surface area contributed by atoms with Gasteiger partial charge in [-0.3, -0.25) is 9.36 Å². The molecule has 4 nitrogen and oxygen atoms in total. The lowest BCUT2D eigenvalue weighted by molar-refractivity contribution is 0.132. The number of ether oxygens (including phenoxy) is 1. The second kappa shape index (κ2) is 6.29. The first kappa shape index (κ1) is 14.9. The molecule has 0 unspecified atom stereocenters. The zero-order chi connectivity index (χ0) is 14.7. The van der Waals surface area contributed by atoms with Crippen LogP contribution in [-0.4, -0.2) is 18.7 Å². The van der Waals surface area contributed by atoms with Crippen molar-refractivity contribution in [3.05, 3.63) is 39.7 Å². The Labute approximate surface area is 123 Å². The van der Waals surface area contributed by atoms with E-state index in [4.69, 9.17) is 16.3 Å². The molecule has 5 heteroatoms. The minimum atomic E-state index is -0.0158. The molecular formula is C15H19ClN2O2. The van der Waals surface area contributed by atoms with Gasteiger partial charge in [0, 0.05) is 31.0 Å². The number of anilines is 1. The van der Waals surface area contributed by atoms with Crippen LogP contribution in [0.15, 0.2) is 23.0 Å². The molecule has 1 heterocycles. The van der Waals surface area contributed by atoms with Crippen molar-refractivity contribution >= 4 is 28.2 Å². The molecule has 0 aliphatic carbocycles. The fourth-order valence-corrected chi connectivity index (χ4v) is 2.67. The van der Waals surface area contributed by atoms with Gasteiger partial charge in [0.2, 0.25) is 0 Å². The van der Waals surface area contributed by atoms with E-state index in [2.05, 4.69) is 5.32 Å². The number of methoxy groups -OCH3 is 1. The van der Waals surface area contributed by atoms with Gasteiger partial charge in [-0.2, -0.15) is 0 Å². The summed E-state index contributed by atoms with van der Waals surface area (Å²) in [6.07, 6.45) is 0.673. The molecule has 20 heavy (non-hydrogen) atoms. The lowest BCUT2D eigenvalue weighted by Gasteiger charge is -2.17. The molecule has 1 aromatic carbocycles. The summed E-state index contributed by atoms with van der Waals surface area (Å²) in [5, 5.41) is 4.16. The summed E-state index contributed by atoms with van der Waals surface area (Å²) in [7, 11) is 3.42. The van der Waals surface area contributed by atoms with E-state index in [0.29, 0.717) is 12.3 Å². The van der Waals surface area contributed by atoms with E-state index >= 15 is 0 Å². The molecule has 0 saturated carbocycles. The zero-order valence-corrected chi connectivity index (χ0v) is 12.8. The molecular weight excluding hydrogens is 276 g/mol. The van der Waals surface area contributed by atoms with Crippen molar-refractivity contribution in [3.63, 3.8) is 0 Å². The molecule has 2 aromatic rings. The first-order valence-electron chi connectivity index (χ1n) is 6.58. The third kappa shape index (κ3) is 2.41. The SMILES string of the molecule is CCc1c(NC)c2ccc(CCl)cc2n(COC)c1=O. The quantitative estimate of drug-likeness (QED) is 0.862. The predicted molar refractivity (Wildman–Crippen MR) is 83.7 cm³/mol. The smallest absolute Gasteiger partial charge is 0.258 e. The molecule has 1 N–H and O–H groups in total. The molecule has 0 fully saturated rings. The Morgan fingerprint density at radius 2 is 2.15 bits per heavy atom. The van der Waals surface area contributed by atoms with E-state index in [9.17, 15) is 4.79 Å².